The van der Waals surface area contributed by atoms with Crippen molar-refractivity contribution in [3.63, 3.8) is 0 Å². The van der Waals surface area contributed by atoms with Crippen molar-refractivity contribution in [2.45, 2.75) is 25.7 Å². The summed E-state index contributed by atoms with van der Waals surface area (Å²) in [6.07, 6.45) is 4.16. The molecule has 0 aromatic heterocycles. The SMILES string of the molecule is CN=C(NCCCOCC1CCOC1)NCCCc1cccc(OC)c1. The molecule has 1 aromatic carbocycles. The lowest BCUT2D eigenvalue weighted by molar-refractivity contribution is 0.0888. The molecule has 2 N–H and O–H groups in total. The standard InChI is InChI=1S/C20H33N3O3/c1-21-20(23-11-5-12-25-15-18-9-13-26-16-18)22-10-4-7-17-6-3-8-19(14-17)24-2/h3,6,8,14,18H,4-5,7,9-13,15-16H2,1-2H3,(H2,21,22,23). The molecule has 26 heavy (non-hydrogen) atoms. The van der Waals surface area contributed by atoms with Gasteiger partial charge in [0.15, 0.2) is 5.96 Å². The van der Waals surface area contributed by atoms with Crippen molar-refractivity contribution >= 4 is 5.96 Å². The first kappa shape index (κ1) is 20.5. The minimum Gasteiger partial charge on any atom is -0.497 e. The van der Waals surface area contributed by atoms with Gasteiger partial charge in [0.05, 0.1) is 20.3 Å². The van der Waals surface area contributed by atoms with Gasteiger partial charge in [0.1, 0.15) is 5.75 Å². The number of hydrogen-bond donors (Lipinski definition) is 2. The first-order valence-corrected chi connectivity index (χ1v) is 9.54. The molecule has 1 fully saturated rings. The van der Waals surface area contributed by atoms with E-state index in [1.54, 1.807) is 14.2 Å². The summed E-state index contributed by atoms with van der Waals surface area (Å²) >= 11 is 0. The monoisotopic (exact) mass is 363 g/mol. The minimum atomic E-state index is 0.585. The summed E-state index contributed by atoms with van der Waals surface area (Å²) in [4.78, 5) is 4.26. The number of methoxy groups -OCH3 is 1. The fourth-order valence-electron chi connectivity index (χ4n) is 2.89. The lowest BCUT2D eigenvalue weighted by Crippen LogP contribution is -2.38. The molecule has 146 valence electrons. The van der Waals surface area contributed by atoms with Crippen molar-refractivity contribution in [2.24, 2.45) is 10.9 Å². The molecule has 0 amide bonds. The van der Waals surface area contributed by atoms with Gasteiger partial charge in [-0.1, -0.05) is 12.1 Å². The Labute approximate surface area is 157 Å². The minimum absolute atomic E-state index is 0.585. The molecule has 1 unspecified atom stereocenters. The van der Waals surface area contributed by atoms with E-state index in [9.17, 15) is 0 Å². The zero-order chi connectivity index (χ0) is 18.5. The van der Waals surface area contributed by atoms with Crippen LogP contribution in [0.15, 0.2) is 29.3 Å². The molecule has 6 heteroatoms. The quantitative estimate of drug-likeness (QED) is 0.359. The maximum atomic E-state index is 5.71. The van der Waals surface area contributed by atoms with Crippen LogP contribution < -0.4 is 15.4 Å². The molecule has 0 radical (unpaired) electrons. The maximum Gasteiger partial charge on any atom is 0.190 e. The van der Waals surface area contributed by atoms with Crippen LogP contribution in [0.5, 0.6) is 5.75 Å². The van der Waals surface area contributed by atoms with E-state index < -0.39 is 0 Å². The van der Waals surface area contributed by atoms with Gasteiger partial charge in [-0.2, -0.15) is 0 Å². The number of aliphatic imine (C=N–C) groups is 1. The highest BCUT2D eigenvalue weighted by Crippen LogP contribution is 2.13. The van der Waals surface area contributed by atoms with Crippen LogP contribution in [-0.4, -0.2) is 59.6 Å². The van der Waals surface area contributed by atoms with Gasteiger partial charge in [-0.3, -0.25) is 4.99 Å². The Morgan fingerprint density at radius 2 is 2.12 bits per heavy atom. The lowest BCUT2D eigenvalue weighted by Gasteiger charge is -2.13. The summed E-state index contributed by atoms with van der Waals surface area (Å²) in [5.74, 6) is 2.34. The third kappa shape index (κ3) is 8.06. The van der Waals surface area contributed by atoms with E-state index in [0.717, 1.165) is 76.9 Å². The van der Waals surface area contributed by atoms with E-state index in [4.69, 9.17) is 14.2 Å². The van der Waals surface area contributed by atoms with Crippen molar-refractivity contribution < 1.29 is 14.2 Å². The molecule has 1 heterocycles. The van der Waals surface area contributed by atoms with Crippen molar-refractivity contribution in [1.82, 2.24) is 10.6 Å². The van der Waals surface area contributed by atoms with Gasteiger partial charge in [0.2, 0.25) is 0 Å². The highest BCUT2D eigenvalue weighted by molar-refractivity contribution is 5.79. The number of aryl methyl sites for hydroxylation is 1. The average Bonchev–Trinajstić information content (AvgIpc) is 3.19. The first-order valence-electron chi connectivity index (χ1n) is 9.54. The van der Waals surface area contributed by atoms with Crippen molar-refractivity contribution in [1.29, 1.82) is 0 Å². The summed E-state index contributed by atoms with van der Waals surface area (Å²) < 4.78 is 16.3. The topological polar surface area (TPSA) is 64.1 Å². The Morgan fingerprint density at radius 1 is 1.27 bits per heavy atom. The molecular formula is C20H33N3O3. The fraction of sp³-hybridized carbons (Fsp3) is 0.650. The molecule has 0 bridgehead atoms. The van der Waals surface area contributed by atoms with Crippen LogP contribution in [-0.2, 0) is 15.9 Å². The summed E-state index contributed by atoms with van der Waals surface area (Å²) in [7, 11) is 3.50. The van der Waals surface area contributed by atoms with Crippen LogP contribution in [0.2, 0.25) is 0 Å². The number of nitrogens with one attached hydrogen (secondary N) is 2. The van der Waals surface area contributed by atoms with Gasteiger partial charge in [-0.25, -0.2) is 0 Å². The van der Waals surface area contributed by atoms with Crippen molar-refractivity contribution in [3.8, 4) is 5.75 Å². The Bertz CT molecular complexity index is 531. The molecule has 1 aromatic rings. The lowest BCUT2D eigenvalue weighted by atomic mass is 10.1. The number of nitrogens with zero attached hydrogens (tertiary/aromatic N) is 1. The highest BCUT2D eigenvalue weighted by atomic mass is 16.5. The predicted octanol–water partition coefficient (Wildman–Crippen LogP) is 2.24. The Kier molecular flexibility index (Phi) is 9.90. The van der Waals surface area contributed by atoms with Gasteiger partial charge in [0.25, 0.3) is 0 Å². The van der Waals surface area contributed by atoms with Gasteiger partial charge in [-0.05, 0) is 43.4 Å². The first-order chi connectivity index (χ1) is 12.8. The summed E-state index contributed by atoms with van der Waals surface area (Å²) in [6.45, 7) is 5.07. The van der Waals surface area contributed by atoms with Crippen LogP contribution in [0.1, 0.15) is 24.8 Å². The molecule has 1 aliphatic rings. The second-order valence-corrected chi connectivity index (χ2v) is 6.54. The van der Waals surface area contributed by atoms with Crippen LogP contribution >= 0.6 is 0 Å². The van der Waals surface area contributed by atoms with E-state index in [1.807, 2.05) is 12.1 Å². The Morgan fingerprint density at radius 3 is 2.85 bits per heavy atom. The van der Waals surface area contributed by atoms with E-state index >= 15 is 0 Å². The molecule has 0 spiro atoms. The van der Waals surface area contributed by atoms with Crippen molar-refractivity contribution in [2.75, 3.05) is 53.7 Å². The number of benzene rings is 1. The molecule has 1 atom stereocenters. The smallest absolute Gasteiger partial charge is 0.190 e. The van der Waals surface area contributed by atoms with E-state index in [-0.39, 0.29) is 0 Å². The molecule has 0 aliphatic carbocycles. The van der Waals surface area contributed by atoms with Gasteiger partial charge in [0, 0.05) is 39.3 Å². The largest absolute Gasteiger partial charge is 0.497 e. The molecule has 6 nitrogen and oxygen atoms in total. The van der Waals surface area contributed by atoms with Gasteiger partial charge in [-0.15, -0.1) is 0 Å². The van der Waals surface area contributed by atoms with Crippen LogP contribution in [0, 0.1) is 5.92 Å². The van der Waals surface area contributed by atoms with E-state index in [2.05, 4.69) is 27.8 Å². The number of guanidine groups is 1. The molecule has 0 saturated carbocycles. The van der Waals surface area contributed by atoms with Crippen molar-refractivity contribution in [3.05, 3.63) is 29.8 Å². The average molecular weight is 364 g/mol. The van der Waals surface area contributed by atoms with E-state index in [1.165, 1.54) is 5.56 Å². The zero-order valence-electron chi connectivity index (χ0n) is 16.1. The predicted molar refractivity (Wildman–Crippen MR) is 105 cm³/mol. The highest BCUT2D eigenvalue weighted by Gasteiger charge is 2.15. The number of hydrogen-bond acceptors (Lipinski definition) is 4. The fourth-order valence-corrected chi connectivity index (χ4v) is 2.89. The van der Waals surface area contributed by atoms with Crippen LogP contribution in [0.3, 0.4) is 0 Å². The normalized spacial score (nSPS) is 17.3. The summed E-state index contributed by atoms with van der Waals surface area (Å²) in [5.41, 5.74) is 1.29. The Balaban J connectivity index is 1.49. The number of ether oxygens (including phenoxy) is 3. The maximum absolute atomic E-state index is 5.71. The van der Waals surface area contributed by atoms with E-state index in [0.29, 0.717) is 5.92 Å². The van der Waals surface area contributed by atoms with Gasteiger partial charge >= 0.3 is 0 Å². The molecule has 1 aliphatic heterocycles. The van der Waals surface area contributed by atoms with Gasteiger partial charge < -0.3 is 24.8 Å². The van der Waals surface area contributed by atoms with Crippen LogP contribution in [0.25, 0.3) is 0 Å². The summed E-state index contributed by atoms with van der Waals surface area (Å²) in [6, 6.07) is 8.22. The third-order valence-corrected chi connectivity index (χ3v) is 4.43. The molecular weight excluding hydrogens is 330 g/mol. The second kappa shape index (κ2) is 12.5. The second-order valence-electron chi connectivity index (χ2n) is 6.54. The number of rotatable bonds is 11. The summed E-state index contributed by atoms with van der Waals surface area (Å²) in [5, 5.41) is 6.68. The Hall–Kier alpha value is -1.79. The molecule has 2 rings (SSSR count). The zero-order valence-corrected chi connectivity index (χ0v) is 16.1. The molecule has 1 saturated heterocycles. The third-order valence-electron chi connectivity index (χ3n) is 4.43. The van der Waals surface area contributed by atoms with Crippen LogP contribution in [0.4, 0.5) is 0 Å².